The van der Waals surface area contributed by atoms with Crippen molar-refractivity contribution in [2.45, 2.75) is 37.6 Å². The van der Waals surface area contributed by atoms with Crippen LogP contribution in [-0.4, -0.2) is 113 Å². The summed E-state index contributed by atoms with van der Waals surface area (Å²) < 4.78 is 10.4. The number of anilines is 2. The zero-order valence-electron chi connectivity index (χ0n) is 27.4. The van der Waals surface area contributed by atoms with Crippen LogP contribution in [0, 0.1) is 5.41 Å². The lowest BCUT2D eigenvalue weighted by molar-refractivity contribution is 0.0636. The van der Waals surface area contributed by atoms with Gasteiger partial charge in [-0.1, -0.05) is 0 Å². The van der Waals surface area contributed by atoms with E-state index < -0.39 is 0 Å². The number of hydrogen-bond donors (Lipinski definition) is 2. The number of aromatic amines is 2. The van der Waals surface area contributed by atoms with E-state index in [1.807, 2.05) is 34.3 Å². The van der Waals surface area contributed by atoms with Crippen molar-refractivity contribution in [3.8, 4) is 0 Å². The summed E-state index contributed by atoms with van der Waals surface area (Å²) >= 11 is 0. The number of carbonyl (C=O) groups is 2. The van der Waals surface area contributed by atoms with Gasteiger partial charge in [0.1, 0.15) is 35.6 Å². The quantitative estimate of drug-likeness (QED) is 0.278. The van der Waals surface area contributed by atoms with Crippen LogP contribution in [0.2, 0.25) is 0 Å². The van der Waals surface area contributed by atoms with Crippen LogP contribution in [0.1, 0.15) is 53.2 Å². The molecular weight excluding hydrogens is 640 g/mol. The Bertz CT molecular complexity index is 2060. The summed E-state index contributed by atoms with van der Waals surface area (Å²) in [4.78, 5) is 65.5. The van der Waals surface area contributed by atoms with E-state index in [-0.39, 0.29) is 22.8 Å². The maximum atomic E-state index is 12.8. The van der Waals surface area contributed by atoms with Gasteiger partial charge in [-0.2, -0.15) is 0 Å². The molecule has 256 valence electrons. The van der Waals surface area contributed by atoms with Gasteiger partial charge in [0.25, 0.3) is 11.8 Å². The molecule has 4 aliphatic rings. The van der Waals surface area contributed by atoms with Crippen LogP contribution in [0.15, 0.2) is 71.2 Å². The van der Waals surface area contributed by atoms with Crippen LogP contribution < -0.4 is 9.80 Å². The number of H-pyrrole nitrogens is 2. The molecule has 2 saturated carbocycles. The van der Waals surface area contributed by atoms with E-state index in [0.717, 1.165) is 105 Å². The third kappa shape index (κ3) is 5.49. The molecule has 0 atom stereocenters. The highest BCUT2D eigenvalue weighted by Crippen LogP contribution is 2.49. The zero-order chi connectivity index (χ0) is 33.7. The average Bonchev–Trinajstić information content (AvgIpc) is 3.66. The highest BCUT2D eigenvalue weighted by molar-refractivity contribution is 5.93. The molecule has 2 aliphatic carbocycles. The molecule has 0 aromatic carbocycles. The minimum Gasteiger partial charge on any atom is -0.438 e. The molecule has 4 fully saturated rings. The SMILES string of the molecule is O=C(c1cnco1)N1CCCN(c2ncnc3[nH]ccc23)CC12CC2.O=C(c1cnco1)N1CCN(c2ncnc3[nH]ccc23)CC2(CC2)C1. The molecule has 8 heterocycles. The normalized spacial score (nSPS) is 19.4. The molecule has 2 aliphatic heterocycles. The number of nitrogens with one attached hydrogen (secondary N) is 2. The van der Waals surface area contributed by atoms with Crippen LogP contribution in [-0.2, 0) is 0 Å². The van der Waals surface area contributed by atoms with E-state index in [1.54, 1.807) is 12.7 Å². The van der Waals surface area contributed by atoms with Gasteiger partial charge >= 0.3 is 0 Å². The van der Waals surface area contributed by atoms with Crippen molar-refractivity contribution < 1.29 is 18.4 Å². The molecule has 6 aromatic rings. The summed E-state index contributed by atoms with van der Waals surface area (Å²) in [6, 6.07) is 4.01. The van der Waals surface area contributed by atoms with Crippen LogP contribution in [0.4, 0.5) is 11.6 Å². The first-order valence-electron chi connectivity index (χ1n) is 17.0. The molecule has 10 rings (SSSR count). The second-order valence-electron chi connectivity index (χ2n) is 13.7. The van der Waals surface area contributed by atoms with E-state index >= 15 is 0 Å². The van der Waals surface area contributed by atoms with Crippen LogP contribution >= 0.6 is 0 Å². The van der Waals surface area contributed by atoms with Gasteiger partial charge in [-0.3, -0.25) is 9.59 Å². The minimum absolute atomic E-state index is 0.0636. The number of fused-ring (bicyclic) bond motifs is 2. The summed E-state index contributed by atoms with van der Waals surface area (Å²) in [5, 5.41) is 2.04. The van der Waals surface area contributed by atoms with Crippen molar-refractivity contribution in [2.24, 2.45) is 5.41 Å². The Labute approximate surface area is 285 Å². The second-order valence-corrected chi connectivity index (χ2v) is 13.7. The Balaban J connectivity index is 0.000000135. The zero-order valence-corrected chi connectivity index (χ0v) is 27.4. The predicted molar refractivity (Wildman–Crippen MR) is 180 cm³/mol. The number of amides is 2. The van der Waals surface area contributed by atoms with E-state index in [2.05, 4.69) is 49.7 Å². The standard InChI is InChI=1S/2C17H18N6O2/c24-16(13-8-18-11-25-13)23-7-1-6-22(9-17(23)3-4-17)15-12-2-5-19-14(12)20-10-21-15;24-16(13-7-18-11-25-13)23-6-5-22(8-17(9-23)2-3-17)15-12-1-4-19-14(12)20-10-21-15/h2,5,8,10-11H,1,3-4,6-7,9H2,(H,19,20,21);1,4,7,10-11H,2-3,5-6,8-9H2,(H,19,20,21). The lowest BCUT2D eigenvalue weighted by Crippen LogP contribution is -2.46. The Hall–Kier alpha value is -5.80. The van der Waals surface area contributed by atoms with E-state index in [9.17, 15) is 9.59 Å². The van der Waals surface area contributed by atoms with Crippen molar-refractivity contribution in [3.63, 3.8) is 0 Å². The first kappa shape index (κ1) is 30.3. The van der Waals surface area contributed by atoms with Gasteiger partial charge in [0.15, 0.2) is 12.8 Å². The fourth-order valence-electron chi connectivity index (χ4n) is 7.51. The van der Waals surface area contributed by atoms with Gasteiger partial charge in [0, 0.05) is 63.6 Å². The molecule has 16 heteroatoms. The highest BCUT2D eigenvalue weighted by Gasteiger charge is 2.53. The number of nitrogens with zero attached hydrogens (tertiary/aromatic N) is 10. The Kier molecular flexibility index (Phi) is 7.24. The molecule has 2 saturated heterocycles. The van der Waals surface area contributed by atoms with Crippen molar-refractivity contribution in [1.82, 2.24) is 49.7 Å². The van der Waals surface area contributed by atoms with Crippen LogP contribution in [0.3, 0.4) is 0 Å². The first-order valence-corrected chi connectivity index (χ1v) is 17.0. The minimum atomic E-state index is -0.131. The number of rotatable bonds is 4. The summed E-state index contributed by atoms with van der Waals surface area (Å²) in [5.41, 5.74) is 1.70. The van der Waals surface area contributed by atoms with E-state index in [4.69, 9.17) is 8.83 Å². The van der Waals surface area contributed by atoms with E-state index in [0.29, 0.717) is 18.1 Å². The molecule has 50 heavy (non-hydrogen) atoms. The summed E-state index contributed by atoms with van der Waals surface area (Å²) in [7, 11) is 0. The lowest BCUT2D eigenvalue weighted by Gasteiger charge is -2.32. The molecule has 2 amide bonds. The maximum absolute atomic E-state index is 12.8. The first-order chi connectivity index (χ1) is 24.5. The Morgan fingerprint density at radius 2 is 1.30 bits per heavy atom. The van der Waals surface area contributed by atoms with Gasteiger partial charge in [0.05, 0.1) is 28.7 Å². The topological polar surface area (TPSA) is 182 Å². The largest absolute Gasteiger partial charge is 0.438 e. The monoisotopic (exact) mass is 676 g/mol. The van der Waals surface area contributed by atoms with Gasteiger partial charge in [-0.15, -0.1) is 0 Å². The molecule has 2 N–H and O–H groups in total. The molecule has 0 unspecified atom stereocenters. The smallest absolute Gasteiger partial charge is 0.291 e. The predicted octanol–water partition coefficient (Wildman–Crippen LogP) is 3.52. The summed E-state index contributed by atoms with van der Waals surface area (Å²) in [6.07, 6.45) is 17.7. The molecule has 0 bridgehead atoms. The maximum Gasteiger partial charge on any atom is 0.291 e. The van der Waals surface area contributed by atoms with Crippen LogP contribution in [0.5, 0.6) is 0 Å². The second kappa shape index (κ2) is 12.0. The van der Waals surface area contributed by atoms with Crippen molar-refractivity contribution in [2.75, 3.05) is 55.6 Å². The highest BCUT2D eigenvalue weighted by atomic mass is 16.4. The Morgan fingerprint density at radius 3 is 1.88 bits per heavy atom. The third-order valence-electron chi connectivity index (χ3n) is 10.4. The number of hydrogen-bond acceptors (Lipinski definition) is 12. The number of aromatic nitrogens is 8. The van der Waals surface area contributed by atoms with Gasteiger partial charge in [-0.25, -0.2) is 29.9 Å². The van der Waals surface area contributed by atoms with Gasteiger partial charge < -0.3 is 38.4 Å². The van der Waals surface area contributed by atoms with Gasteiger partial charge in [0.2, 0.25) is 11.5 Å². The fourth-order valence-corrected chi connectivity index (χ4v) is 7.51. The summed E-state index contributed by atoms with van der Waals surface area (Å²) in [6.45, 7) is 5.39. The van der Waals surface area contributed by atoms with Crippen molar-refractivity contribution in [3.05, 3.63) is 73.9 Å². The number of carbonyl (C=O) groups excluding carboxylic acids is 2. The van der Waals surface area contributed by atoms with Gasteiger partial charge in [-0.05, 0) is 44.2 Å². The Morgan fingerprint density at radius 1 is 0.680 bits per heavy atom. The lowest BCUT2D eigenvalue weighted by atomic mass is 10.1. The third-order valence-corrected chi connectivity index (χ3v) is 10.4. The molecule has 6 aromatic heterocycles. The van der Waals surface area contributed by atoms with E-state index in [1.165, 1.54) is 25.2 Å². The molecule has 2 spiro atoms. The molecule has 0 radical (unpaired) electrons. The molecular formula is C34H36N12O4. The fraction of sp³-hybridized carbons (Fsp3) is 0.412. The summed E-state index contributed by atoms with van der Waals surface area (Å²) in [5.74, 6) is 2.35. The number of oxazole rings is 2. The average molecular weight is 677 g/mol. The van der Waals surface area contributed by atoms with Crippen molar-refractivity contribution >= 4 is 45.5 Å². The van der Waals surface area contributed by atoms with Crippen LogP contribution in [0.25, 0.3) is 22.1 Å². The molecule has 16 nitrogen and oxygen atoms in total. The van der Waals surface area contributed by atoms with Crippen molar-refractivity contribution in [1.29, 1.82) is 0 Å².